The number of rotatable bonds is 6. The van der Waals surface area contributed by atoms with Gasteiger partial charge >= 0.3 is 5.97 Å². The molecule has 0 spiro atoms. The Balaban J connectivity index is 1.40. The molecule has 2 aromatic carbocycles. The standard InChI is InChI=1S/C24H29NO2/c1-19-12-14-25(15-13-19)16-17-27-23(26)22-18-24(22,20-8-4-2-5-9-20)21-10-6-3-7-11-21/h2-11,19,22H,12-18H2,1H3. The average molecular weight is 364 g/mol. The van der Waals surface area contributed by atoms with Gasteiger partial charge in [0, 0.05) is 12.0 Å². The number of piperidine rings is 1. The highest BCUT2D eigenvalue weighted by Gasteiger charge is 2.61. The molecule has 1 atom stereocenters. The second kappa shape index (κ2) is 7.85. The Hall–Kier alpha value is -2.13. The molecule has 1 unspecified atom stereocenters. The van der Waals surface area contributed by atoms with Gasteiger partial charge in [-0.3, -0.25) is 9.69 Å². The van der Waals surface area contributed by atoms with E-state index in [0.717, 1.165) is 32.0 Å². The first-order chi connectivity index (χ1) is 13.2. The molecule has 1 heterocycles. The van der Waals surface area contributed by atoms with Crippen LogP contribution < -0.4 is 0 Å². The minimum Gasteiger partial charge on any atom is -0.464 e. The highest BCUT2D eigenvalue weighted by Crippen LogP contribution is 2.59. The summed E-state index contributed by atoms with van der Waals surface area (Å²) in [7, 11) is 0. The molecule has 0 N–H and O–H groups in total. The van der Waals surface area contributed by atoms with E-state index in [4.69, 9.17) is 4.74 Å². The van der Waals surface area contributed by atoms with Gasteiger partial charge in [-0.25, -0.2) is 0 Å². The average Bonchev–Trinajstić information content (AvgIpc) is 3.48. The predicted octanol–water partition coefficient (Wildman–Crippen LogP) is 4.27. The van der Waals surface area contributed by atoms with Gasteiger partial charge in [-0.1, -0.05) is 67.6 Å². The Morgan fingerprint density at radius 1 is 1.00 bits per heavy atom. The molecule has 0 amide bonds. The molecule has 2 fully saturated rings. The Kier molecular flexibility index (Phi) is 5.31. The van der Waals surface area contributed by atoms with Gasteiger partial charge in [0.15, 0.2) is 0 Å². The minimum atomic E-state index is -0.222. The maximum absolute atomic E-state index is 12.8. The molecule has 0 bridgehead atoms. The molecule has 1 saturated heterocycles. The van der Waals surface area contributed by atoms with E-state index < -0.39 is 0 Å². The zero-order chi connectivity index (χ0) is 18.7. The third-order valence-corrected chi connectivity index (χ3v) is 6.35. The Morgan fingerprint density at radius 2 is 1.56 bits per heavy atom. The van der Waals surface area contributed by atoms with Gasteiger partial charge in [-0.2, -0.15) is 0 Å². The smallest absolute Gasteiger partial charge is 0.310 e. The molecule has 1 aliphatic carbocycles. The summed E-state index contributed by atoms with van der Waals surface area (Å²) in [6.07, 6.45) is 3.34. The van der Waals surface area contributed by atoms with Crippen LogP contribution in [0.2, 0.25) is 0 Å². The van der Waals surface area contributed by atoms with Crippen molar-refractivity contribution in [3.8, 4) is 0 Å². The highest BCUT2D eigenvalue weighted by atomic mass is 16.5. The summed E-state index contributed by atoms with van der Waals surface area (Å²) in [5.41, 5.74) is 2.20. The van der Waals surface area contributed by atoms with Gasteiger partial charge in [0.2, 0.25) is 0 Å². The van der Waals surface area contributed by atoms with Gasteiger partial charge in [-0.05, 0) is 49.4 Å². The van der Waals surface area contributed by atoms with Crippen molar-refractivity contribution in [2.75, 3.05) is 26.2 Å². The van der Waals surface area contributed by atoms with E-state index in [-0.39, 0.29) is 17.3 Å². The topological polar surface area (TPSA) is 29.5 Å². The van der Waals surface area contributed by atoms with Gasteiger partial charge in [0.05, 0.1) is 5.92 Å². The lowest BCUT2D eigenvalue weighted by molar-refractivity contribution is -0.146. The summed E-state index contributed by atoms with van der Waals surface area (Å²) >= 11 is 0. The third kappa shape index (κ3) is 3.79. The van der Waals surface area contributed by atoms with Gasteiger partial charge in [-0.15, -0.1) is 0 Å². The number of esters is 1. The van der Waals surface area contributed by atoms with Crippen molar-refractivity contribution in [2.24, 2.45) is 11.8 Å². The van der Waals surface area contributed by atoms with Crippen molar-refractivity contribution >= 4 is 5.97 Å². The predicted molar refractivity (Wildman–Crippen MR) is 108 cm³/mol. The van der Waals surface area contributed by atoms with Crippen LogP contribution in [0.15, 0.2) is 60.7 Å². The molecule has 1 aliphatic heterocycles. The normalized spacial score (nSPS) is 22.3. The van der Waals surface area contributed by atoms with Crippen LogP contribution in [0.3, 0.4) is 0 Å². The molecule has 1 saturated carbocycles. The zero-order valence-electron chi connectivity index (χ0n) is 16.1. The van der Waals surface area contributed by atoms with Crippen LogP contribution in [-0.2, 0) is 14.9 Å². The second-order valence-corrected chi connectivity index (χ2v) is 8.15. The lowest BCUT2D eigenvalue weighted by Gasteiger charge is -2.29. The Labute approximate surface area is 162 Å². The van der Waals surface area contributed by atoms with Crippen LogP contribution in [0, 0.1) is 11.8 Å². The second-order valence-electron chi connectivity index (χ2n) is 8.15. The number of nitrogens with zero attached hydrogens (tertiary/aromatic N) is 1. The lowest BCUT2D eigenvalue weighted by Crippen LogP contribution is -2.35. The fraction of sp³-hybridized carbons (Fsp3) is 0.458. The Morgan fingerprint density at radius 3 is 2.11 bits per heavy atom. The maximum Gasteiger partial charge on any atom is 0.310 e. The van der Waals surface area contributed by atoms with E-state index >= 15 is 0 Å². The van der Waals surface area contributed by atoms with Crippen molar-refractivity contribution in [1.82, 2.24) is 4.90 Å². The van der Waals surface area contributed by atoms with Crippen LogP contribution in [0.1, 0.15) is 37.3 Å². The van der Waals surface area contributed by atoms with Crippen LogP contribution in [0.4, 0.5) is 0 Å². The van der Waals surface area contributed by atoms with Crippen molar-refractivity contribution in [3.63, 3.8) is 0 Å². The fourth-order valence-electron chi connectivity index (χ4n) is 4.49. The van der Waals surface area contributed by atoms with Gasteiger partial charge in [0.25, 0.3) is 0 Å². The van der Waals surface area contributed by atoms with E-state index in [1.54, 1.807) is 0 Å². The van der Waals surface area contributed by atoms with E-state index in [2.05, 4.69) is 60.4 Å². The number of likely N-dealkylation sites (tertiary alicyclic amines) is 1. The quantitative estimate of drug-likeness (QED) is 0.718. The zero-order valence-corrected chi connectivity index (χ0v) is 16.1. The summed E-state index contributed by atoms with van der Waals surface area (Å²) in [6.45, 7) is 5.93. The van der Waals surface area contributed by atoms with Crippen LogP contribution in [0.5, 0.6) is 0 Å². The van der Waals surface area contributed by atoms with Crippen LogP contribution in [-0.4, -0.2) is 37.1 Å². The largest absolute Gasteiger partial charge is 0.464 e. The minimum absolute atomic E-state index is 0.0481. The highest BCUT2D eigenvalue weighted by molar-refractivity contribution is 5.81. The molecule has 0 aromatic heterocycles. The lowest BCUT2D eigenvalue weighted by atomic mass is 9.86. The first-order valence-electron chi connectivity index (χ1n) is 10.2. The number of carbonyl (C=O) groups is 1. The van der Waals surface area contributed by atoms with Gasteiger partial charge in [0.1, 0.15) is 6.61 Å². The molecule has 2 aliphatic rings. The van der Waals surface area contributed by atoms with Crippen LogP contribution in [0.25, 0.3) is 0 Å². The number of hydrogen-bond donors (Lipinski definition) is 0. The third-order valence-electron chi connectivity index (χ3n) is 6.35. The number of ether oxygens (including phenoxy) is 1. The summed E-state index contributed by atoms with van der Waals surface area (Å²) in [5, 5.41) is 0. The summed E-state index contributed by atoms with van der Waals surface area (Å²) < 4.78 is 5.71. The SMILES string of the molecule is CC1CCN(CCOC(=O)C2CC2(c2ccccc2)c2ccccc2)CC1. The van der Waals surface area contributed by atoms with Crippen molar-refractivity contribution in [2.45, 2.75) is 31.6 Å². The molecule has 2 aromatic rings. The van der Waals surface area contributed by atoms with Crippen molar-refractivity contribution in [3.05, 3.63) is 71.8 Å². The fourth-order valence-corrected chi connectivity index (χ4v) is 4.49. The van der Waals surface area contributed by atoms with Crippen LogP contribution >= 0.6 is 0 Å². The molecular formula is C24H29NO2. The molecular weight excluding hydrogens is 334 g/mol. The Bertz CT molecular complexity index is 711. The van der Waals surface area contributed by atoms with E-state index in [1.807, 2.05) is 12.1 Å². The molecule has 3 heteroatoms. The first-order valence-corrected chi connectivity index (χ1v) is 10.2. The summed E-state index contributed by atoms with van der Waals surface area (Å²) in [6, 6.07) is 20.8. The van der Waals surface area contributed by atoms with Gasteiger partial charge < -0.3 is 4.74 Å². The monoisotopic (exact) mass is 363 g/mol. The number of carbonyl (C=O) groups excluding carboxylic acids is 1. The van der Waals surface area contributed by atoms with E-state index in [1.165, 1.54) is 24.0 Å². The summed E-state index contributed by atoms with van der Waals surface area (Å²) in [5.74, 6) is 0.699. The number of hydrogen-bond acceptors (Lipinski definition) is 3. The van der Waals surface area contributed by atoms with E-state index in [0.29, 0.717) is 6.61 Å². The molecule has 27 heavy (non-hydrogen) atoms. The molecule has 0 radical (unpaired) electrons. The number of benzene rings is 2. The first kappa shape index (κ1) is 18.2. The molecule has 3 nitrogen and oxygen atoms in total. The molecule has 142 valence electrons. The summed E-state index contributed by atoms with van der Waals surface area (Å²) in [4.78, 5) is 15.2. The van der Waals surface area contributed by atoms with E-state index in [9.17, 15) is 4.79 Å². The molecule has 4 rings (SSSR count). The maximum atomic E-state index is 12.8. The van der Waals surface area contributed by atoms with Crippen molar-refractivity contribution in [1.29, 1.82) is 0 Å². The van der Waals surface area contributed by atoms with Crippen molar-refractivity contribution < 1.29 is 9.53 Å².